The van der Waals surface area contributed by atoms with Gasteiger partial charge in [-0.15, -0.1) is 0 Å². The highest BCUT2D eigenvalue weighted by Crippen LogP contribution is 2.34. The number of allylic oxidation sites excluding steroid dienone is 2. The minimum Gasteiger partial charge on any atom is -0.508 e. The highest BCUT2D eigenvalue weighted by molar-refractivity contribution is 5.96. The van der Waals surface area contributed by atoms with E-state index < -0.39 is 29.6 Å². The fourth-order valence-electron chi connectivity index (χ4n) is 2.76. The number of phenolic OH excluding ortho intramolecular Hbond substituents is 1. The summed E-state index contributed by atoms with van der Waals surface area (Å²) in [5, 5.41) is 18.7. The summed E-state index contributed by atoms with van der Waals surface area (Å²) in [6.45, 7) is 3.74. The maximum atomic E-state index is 12.3. The van der Waals surface area contributed by atoms with Crippen LogP contribution >= 0.6 is 0 Å². The van der Waals surface area contributed by atoms with Gasteiger partial charge in [-0.3, -0.25) is 25.2 Å². The Morgan fingerprint density at radius 3 is 2.25 bits per heavy atom. The summed E-state index contributed by atoms with van der Waals surface area (Å²) in [4.78, 5) is 35.7. The van der Waals surface area contributed by atoms with Crippen LogP contribution in [0.2, 0.25) is 0 Å². The van der Waals surface area contributed by atoms with Crippen molar-refractivity contribution < 1.29 is 24.6 Å². The van der Waals surface area contributed by atoms with Crippen LogP contribution in [0.15, 0.2) is 35.4 Å². The second-order valence-electron chi connectivity index (χ2n) is 6.01. The Morgan fingerprint density at radius 2 is 1.67 bits per heavy atom. The molecule has 1 aromatic carbocycles. The van der Waals surface area contributed by atoms with Crippen LogP contribution in [0.1, 0.15) is 37.0 Å². The third-order valence-electron chi connectivity index (χ3n) is 4.33. The molecule has 0 radical (unpaired) electrons. The fourth-order valence-corrected chi connectivity index (χ4v) is 2.76. The highest BCUT2D eigenvalue weighted by atomic mass is 16.4. The van der Waals surface area contributed by atoms with Crippen molar-refractivity contribution in [3.8, 4) is 5.75 Å². The largest absolute Gasteiger partial charge is 0.508 e. The van der Waals surface area contributed by atoms with Crippen molar-refractivity contribution in [3.05, 3.63) is 41.0 Å². The molecule has 0 bridgehead atoms. The van der Waals surface area contributed by atoms with E-state index in [1.165, 1.54) is 24.3 Å². The monoisotopic (exact) mass is 332 g/mol. The van der Waals surface area contributed by atoms with Crippen molar-refractivity contribution in [2.45, 2.75) is 26.7 Å². The number of nitrogens with one attached hydrogen (secondary N) is 2. The molecule has 1 aromatic rings. The van der Waals surface area contributed by atoms with Gasteiger partial charge in [-0.2, -0.15) is 0 Å². The van der Waals surface area contributed by atoms with Gasteiger partial charge in [0, 0.05) is 5.56 Å². The van der Waals surface area contributed by atoms with E-state index in [9.17, 15) is 24.6 Å². The molecule has 24 heavy (non-hydrogen) atoms. The van der Waals surface area contributed by atoms with Gasteiger partial charge < -0.3 is 10.2 Å². The van der Waals surface area contributed by atoms with Crippen LogP contribution < -0.4 is 10.9 Å². The quantitative estimate of drug-likeness (QED) is 0.496. The Kier molecular flexibility index (Phi) is 5.23. The molecule has 0 aliphatic heterocycles. The summed E-state index contributed by atoms with van der Waals surface area (Å²) in [5.41, 5.74) is 6.69. The molecule has 2 rings (SSSR count). The number of carboxylic acids is 1. The van der Waals surface area contributed by atoms with E-state index in [1.54, 1.807) is 0 Å². The molecule has 4 N–H and O–H groups in total. The third kappa shape index (κ3) is 3.92. The molecule has 1 aliphatic carbocycles. The zero-order valence-corrected chi connectivity index (χ0v) is 13.5. The lowest BCUT2D eigenvalue weighted by Gasteiger charge is -2.29. The topological polar surface area (TPSA) is 116 Å². The first-order valence-corrected chi connectivity index (χ1v) is 7.57. The molecule has 0 saturated carbocycles. The van der Waals surface area contributed by atoms with Gasteiger partial charge >= 0.3 is 5.97 Å². The minimum absolute atomic E-state index is 0.0663. The first-order valence-electron chi connectivity index (χ1n) is 7.57. The number of carbonyl (C=O) groups excluding carboxylic acids is 2. The van der Waals surface area contributed by atoms with Crippen molar-refractivity contribution in [1.82, 2.24) is 10.9 Å². The molecular weight excluding hydrogens is 312 g/mol. The van der Waals surface area contributed by atoms with Gasteiger partial charge in [0.25, 0.3) is 5.91 Å². The van der Waals surface area contributed by atoms with Gasteiger partial charge in [0.2, 0.25) is 5.91 Å². The molecule has 7 heteroatoms. The van der Waals surface area contributed by atoms with E-state index in [1.807, 2.05) is 13.8 Å². The Bertz CT molecular complexity index is 711. The lowest BCUT2D eigenvalue weighted by molar-refractivity contribution is -0.147. The van der Waals surface area contributed by atoms with E-state index in [-0.39, 0.29) is 11.3 Å². The Morgan fingerprint density at radius 1 is 1.04 bits per heavy atom. The number of hydrogen-bond acceptors (Lipinski definition) is 4. The number of aliphatic carboxylic acids is 1. The second-order valence-corrected chi connectivity index (χ2v) is 6.01. The summed E-state index contributed by atoms with van der Waals surface area (Å²) in [6.07, 6.45) is 0.663. The van der Waals surface area contributed by atoms with E-state index in [0.29, 0.717) is 12.8 Å². The lowest BCUT2D eigenvalue weighted by Crippen LogP contribution is -2.48. The van der Waals surface area contributed by atoms with Crippen molar-refractivity contribution in [1.29, 1.82) is 0 Å². The number of phenols is 1. The van der Waals surface area contributed by atoms with Crippen molar-refractivity contribution in [3.63, 3.8) is 0 Å². The van der Waals surface area contributed by atoms with Gasteiger partial charge in [0.1, 0.15) is 5.75 Å². The average molecular weight is 332 g/mol. The predicted molar refractivity (Wildman–Crippen MR) is 85.9 cm³/mol. The zero-order valence-electron chi connectivity index (χ0n) is 13.5. The van der Waals surface area contributed by atoms with Crippen molar-refractivity contribution >= 4 is 17.8 Å². The van der Waals surface area contributed by atoms with Crippen molar-refractivity contribution in [2.24, 2.45) is 11.8 Å². The molecule has 2 amide bonds. The van der Waals surface area contributed by atoms with Crippen LogP contribution in [0.4, 0.5) is 0 Å². The Balaban J connectivity index is 2.03. The smallest absolute Gasteiger partial charge is 0.307 e. The molecular formula is C17H20N2O5. The molecule has 0 spiro atoms. The van der Waals surface area contributed by atoms with Crippen LogP contribution in [-0.4, -0.2) is 28.0 Å². The zero-order chi connectivity index (χ0) is 17.9. The standard InChI is InChI=1S/C17H20N2O5/c1-9-6-13(14(17(23)24)7-10(9)2)16(22)19-18-15(21)11-4-3-5-12(20)8-11/h3-5,8,13-14,20H,6-7H2,1-2H3,(H,18,21)(H,19,22)(H,23,24)/t13-,14+/m0/s1. The van der Waals surface area contributed by atoms with E-state index in [4.69, 9.17) is 0 Å². The average Bonchev–Trinajstić information content (AvgIpc) is 2.54. The van der Waals surface area contributed by atoms with E-state index >= 15 is 0 Å². The summed E-state index contributed by atoms with van der Waals surface area (Å²) in [6, 6.07) is 5.67. The SMILES string of the molecule is CC1=C(C)C[C@@H](C(=O)O)[C@@H](C(=O)NNC(=O)c2cccc(O)c2)C1. The molecule has 0 saturated heterocycles. The van der Waals surface area contributed by atoms with Gasteiger partial charge in [0.05, 0.1) is 11.8 Å². The predicted octanol–water partition coefficient (Wildman–Crippen LogP) is 1.60. The highest BCUT2D eigenvalue weighted by Gasteiger charge is 2.37. The normalized spacial score (nSPS) is 20.4. The first-order chi connectivity index (χ1) is 11.3. The molecule has 0 aromatic heterocycles. The Labute approximate surface area is 139 Å². The van der Waals surface area contributed by atoms with E-state index in [2.05, 4.69) is 10.9 Å². The molecule has 2 atom stereocenters. The van der Waals surface area contributed by atoms with Gasteiger partial charge in [-0.25, -0.2) is 0 Å². The fraction of sp³-hybridized carbons (Fsp3) is 0.353. The number of benzene rings is 1. The van der Waals surface area contributed by atoms with Gasteiger partial charge in [-0.05, 0) is 44.9 Å². The van der Waals surface area contributed by atoms with Crippen molar-refractivity contribution in [2.75, 3.05) is 0 Å². The first kappa shape index (κ1) is 17.5. The minimum atomic E-state index is -1.03. The lowest BCUT2D eigenvalue weighted by atomic mass is 9.76. The van der Waals surface area contributed by atoms with E-state index in [0.717, 1.165) is 11.1 Å². The maximum Gasteiger partial charge on any atom is 0.307 e. The van der Waals surface area contributed by atoms with Crippen LogP contribution in [0.5, 0.6) is 5.75 Å². The van der Waals surface area contributed by atoms with Crippen LogP contribution in [0.25, 0.3) is 0 Å². The number of aromatic hydroxyl groups is 1. The summed E-state index contributed by atoms with van der Waals surface area (Å²) in [5.74, 6) is -3.78. The maximum absolute atomic E-state index is 12.3. The summed E-state index contributed by atoms with van der Waals surface area (Å²) in [7, 11) is 0. The Hall–Kier alpha value is -2.83. The van der Waals surface area contributed by atoms with Crippen LogP contribution in [0.3, 0.4) is 0 Å². The number of carboxylic acid groups (broad SMARTS) is 1. The number of rotatable bonds is 3. The van der Waals surface area contributed by atoms with Gasteiger partial charge in [-0.1, -0.05) is 17.2 Å². The molecule has 7 nitrogen and oxygen atoms in total. The molecule has 0 unspecified atom stereocenters. The summed E-state index contributed by atoms with van der Waals surface area (Å²) < 4.78 is 0. The molecule has 1 aliphatic rings. The number of hydrazine groups is 1. The molecule has 0 fully saturated rings. The van der Waals surface area contributed by atoms with Crippen LogP contribution in [-0.2, 0) is 9.59 Å². The van der Waals surface area contributed by atoms with Gasteiger partial charge in [0.15, 0.2) is 0 Å². The number of hydrogen-bond donors (Lipinski definition) is 4. The molecule has 128 valence electrons. The number of carbonyl (C=O) groups is 3. The molecule has 0 heterocycles. The summed E-state index contributed by atoms with van der Waals surface area (Å²) >= 11 is 0. The second kappa shape index (κ2) is 7.16. The third-order valence-corrected chi connectivity index (χ3v) is 4.33. The van der Waals surface area contributed by atoms with Crippen LogP contribution in [0, 0.1) is 11.8 Å². The number of amides is 2.